The van der Waals surface area contributed by atoms with Crippen LogP contribution in [0.1, 0.15) is 53.3 Å². The lowest BCUT2D eigenvalue weighted by atomic mass is 10.1. The van der Waals surface area contributed by atoms with E-state index in [1.807, 2.05) is 0 Å². The Labute approximate surface area is 136 Å². The van der Waals surface area contributed by atoms with E-state index in [1.165, 1.54) is 6.20 Å². The van der Waals surface area contributed by atoms with Crippen LogP contribution in [0.25, 0.3) is 0 Å². The number of hydrogen-bond acceptors (Lipinski definition) is 6. The lowest BCUT2D eigenvalue weighted by molar-refractivity contribution is -0.156. The van der Waals surface area contributed by atoms with Crippen molar-refractivity contribution < 1.29 is 19.1 Å². The Kier molecular flexibility index (Phi) is 5.71. The normalized spacial score (nSPS) is 13.2. The fourth-order valence-electron chi connectivity index (χ4n) is 1.57. The minimum atomic E-state index is -0.982. The van der Waals surface area contributed by atoms with Gasteiger partial charge in [-0.1, -0.05) is 0 Å². The lowest BCUT2D eigenvalue weighted by Gasteiger charge is -2.22. The highest BCUT2D eigenvalue weighted by Gasteiger charge is 2.24. The molecule has 0 unspecified atom stereocenters. The second-order valence-corrected chi connectivity index (χ2v) is 7.11. The number of nitrogens with two attached hydrogens (primary N) is 1. The molecule has 0 aliphatic carbocycles. The number of rotatable bonds is 3. The number of esters is 1. The van der Waals surface area contributed by atoms with Gasteiger partial charge in [0, 0.05) is 0 Å². The summed E-state index contributed by atoms with van der Waals surface area (Å²) in [5.41, 5.74) is 5.43. The summed E-state index contributed by atoms with van der Waals surface area (Å²) in [6.45, 7) is 10.6. The van der Waals surface area contributed by atoms with E-state index in [4.69, 9.17) is 15.2 Å². The summed E-state index contributed by atoms with van der Waals surface area (Å²) < 4.78 is 10.3. The van der Waals surface area contributed by atoms with Gasteiger partial charge in [-0.25, -0.2) is 9.59 Å². The van der Waals surface area contributed by atoms with Gasteiger partial charge in [-0.2, -0.15) is 0 Å². The third-order valence-electron chi connectivity index (χ3n) is 2.41. The van der Waals surface area contributed by atoms with E-state index in [9.17, 15) is 9.59 Å². The standard InChI is InChI=1S/C16H25N3O4/c1-15(2,3)22-13(20)12(17)11-8-7-10(9-18-11)19-14(21)23-16(4,5)6/h7-9,12H,17H2,1-6H3,(H,19,21)/t12-/m0/s1. The number of ether oxygens (including phenoxy) is 2. The van der Waals surface area contributed by atoms with Crippen LogP contribution >= 0.6 is 0 Å². The van der Waals surface area contributed by atoms with Crippen LogP contribution in [0.3, 0.4) is 0 Å². The summed E-state index contributed by atoms with van der Waals surface area (Å²) in [5.74, 6) is -0.558. The molecule has 7 nitrogen and oxygen atoms in total. The maximum Gasteiger partial charge on any atom is 0.412 e. The number of nitrogens with one attached hydrogen (secondary N) is 1. The van der Waals surface area contributed by atoms with E-state index in [0.29, 0.717) is 11.4 Å². The molecule has 0 aliphatic heterocycles. The smallest absolute Gasteiger partial charge is 0.412 e. The number of hydrogen-bond donors (Lipinski definition) is 2. The van der Waals surface area contributed by atoms with Gasteiger partial charge < -0.3 is 15.2 Å². The van der Waals surface area contributed by atoms with Gasteiger partial charge in [0.05, 0.1) is 17.6 Å². The van der Waals surface area contributed by atoms with Crippen LogP contribution < -0.4 is 11.1 Å². The van der Waals surface area contributed by atoms with Crippen molar-refractivity contribution in [1.29, 1.82) is 0 Å². The average Bonchev–Trinajstić information content (AvgIpc) is 2.34. The van der Waals surface area contributed by atoms with Crippen LogP contribution in [0, 0.1) is 0 Å². The first-order valence-electron chi connectivity index (χ1n) is 7.32. The number of pyridine rings is 1. The first-order chi connectivity index (χ1) is 10.4. The maximum atomic E-state index is 11.9. The number of carbonyl (C=O) groups excluding carboxylic acids is 2. The van der Waals surface area contributed by atoms with Crippen molar-refractivity contribution in [2.24, 2.45) is 5.73 Å². The number of nitrogens with zero attached hydrogens (tertiary/aromatic N) is 1. The van der Waals surface area contributed by atoms with Gasteiger partial charge in [-0.15, -0.1) is 0 Å². The second kappa shape index (κ2) is 6.95. The average molecular weight is 323 g/mol. The summed E-state index contributed by atoms with van der Waals surface area (Å²) in [6.07, 6.45) is 0.826. The van der Waals surface area contributed by atoms with Crippen molar-refractivity contribution >= 4 is 17.7 Å². The van der Waals surface area contributed by atoms with E-state index in [1.54, 1.807) is 53.7 Å². The SMILES string of the molecule is CC(C)(C)OC(=O)Nc1ccc([C@H](N)C(=O)OC(C)(C)C)nc1. The third kappa shape index (κ3) is 7.10. The summed E-state index contributed by atoms with van der Waals surface area (Å²) in [7, 11) is 0. The monoisotopic (exact) mass is 323 g/mol. The van der Waals surface area contributed by atoms with E-state index >= 15 is 0 Å². The summed E-state index contributed by atoms with van der Waals surface area (Å²) in [4.78, 5) is 27.6. The van der Waals surface area contributed by atoms with Crippen LogP contribution in [-0.2, 0) is 14.3 Å². The molecule has 0 saturated heterocycles. The minimum absolute atomic E-state index is 0.356. The highest BCUT2D eigenvalue weighted by atomic mass is 16.6. The Morgan fingerprint density at radius 1 is 1.09 bits per heavy atom. The Hall–Kier alpha value is -2.15. The molecule has 23 heavy (non-hydrogen) atoms. The molecule has 1 aromatic rings. The zero-order valence-electron chi connectivity index (χ0n) is 14.5. The molecule has 1 aromatic heterocycles. The van der Waals surface area contributed by atoms with Crippen molar-refractivity contribution in [3.8, 4) is 0 Å². The highest BCUT2D eigenvalue weighted by Crippen LogP contribution is 2.17. The van der Waals surface area contributed by atoms with Crippen molar-refractivity contribution in [3.05, 3.63) is 24.0 Å². The van der Waals surface area contributed by atoms with Gasteiger partial charge in [0.1, 0.15) is 17.2 Å². The van der Waals surface area contributed by atoms with Crippen molar-refractivity contribution in [3.63, 3.8) is 0 Å². The predicted molar refractivity (Wildman–Crippen MR) is 86.9 cm³/mol. The Morgan fingerprint density at radius 3 is 2.09 bits per heavy atom. The maximum absolute atomic E-state index is 11.9. The zero-order chi connectivity index (χ0) is 17.8. The lowest BCUT2D eigenvalue weighted by Crippen LogP contribution is -2.32. The van der Waals surface area contributed by atoms with E-state index in [0.717, 1.165) is 0 Å². The Morgan fingerprint density at radius 2 is 1.65 bits per heavy atom. The number of anilines is 1. The molecule has 3 N–H and O–H groups in total. The number of aromatic nitrogens is 1. The molecule has 1 amide bonds. The first kappa shape index (κ1) is 18.9. The molecular formula is C16H25N3O4. The van der Waals surface area contributed by atoms with Crippen LogP contribution in [0.5, 0.6) is 0 Å². The van der Waals surface area contributed by atoms with Crippen molar-refractivity contribution in [2.75, 3.05) is 5.32 Å². The first-order valence-corrected chi connectivity index (χ1v) is 7.32. The molecule has 0 bridgehead atoms. The topological polar surface area (TPSA) is 104 Å². The number of carbonyl (C=O) groups is 2. The number of amides is 1. The molecule has 0 saturated carbocycles. The van der Waals surface area contributed by atoms with E-state index < -0.39 is 29.3 Å². The third-order valence-corrected chi connectivity index (χ3v) is 2.41. The molecular weight excluding hydrogens is 298 g/mol. The quantitative estimate of drug-likeness (QED) is 0.829. The molecule has 0 radical (unpaired) electrons. The highest BCUT2D eigenvalue weighted by molar-refractivity contribution is 5.84. The fourth-order valence-corrected chi connectivity index (χ4v) is 1.57. The molecule has 0 fully saturated rings. The van der Waals surface area contributed by atoms with Crippen LogP contribution in [0.2, 0.25) is 0 Å². The molecule has 0 aliphatic rings. The molecule has 0 spiro atoms. The minimum Gasteiger partial charge on any atom is -0.459 e. The summed E-state index contributed by atoms with van der Waals surface area (Å²) in [6, 6.07) is 2.17. The van der Waals surface area contributed by atoms with E-state index in [2.05, 4.69) is 10.3 Å². The van der Waals surface area contributed by atoms with Gasteiger partial charge >= 0.3 is 12.1 Å². The molecule has 7 heteroatoms. The summed E-state index contributed by atoms with van der Waals surface area (Å²) >= 11 is 0. The largest absolute Gasteiger partial charge is 0.459 e. The van der Waals surface area contributed by atoms with Crippen LogP contribution in [0.15, 0.2) is 18.3 Å². The van der Waals surface area contributed by atoms with Crippen LogP contribution in [-0.4, -0.2) is 28.2 Å². The van der Waals surface area contributed by atoms with Gasteiger partial charge in [0.25, 0.3) is 0 Å². The zero-order valence-corrected chi connectivity index (χ0v) is 14.5. The van der Waals surface area contributed by atoms with Gasteiger partial charge in [-0.3, -0.25) is 10.3 Å². The Bertz CT molecular complexity index is 556. The van der Waals surface area contributed by atoms with E-state index in [-0.39, 0.29) is 0 Å². The molecule has 1 atom stereocenters. The summed E-state index contributed by atoms with van der Waals surface area (Å²) in [5, 5.41) is 2.55. The van der Waals surface area contributed by atoms with Gasteiger partial charge in [0.2, 0.25) is 0 Å². The second-order valence-electron chi connectivity index (χ2n) is 7.11. The Balaban J connectivity index is 2.69. The molecule has 1 heterocycles. The van der Waals surface area contributed by atoms with Crippen molar-refractivity contribution in [1.82, 2.24) is 4.98 Å². The fraction of sp³-hybridized carbons (Fsp3) is 0.562. The van der Waals surface area contributed by atoms with Gasteiger partial charge in [0.15, 0.2) is 0 Å². The molecule has 1 rings (SSSR count). The van der Waals surface area contributed by atoms with Gasteiger partial charge in [-0.05, 0) is 53.7 Å². The predicted octanol–water partition coefficient (Wildman–Crippen LogP) is 2.77. The van der Waals surface area contributed by atoms with Crippen molar-refractivity contribution in [2.45, 2.75) is 58.8 Å². The molecule has 0 aromatic carbocycles. The molecule has 128 valence electrons. The van der Waals surface area contributed by atoms with Crippen LogP contribution in [0.4, 0.5) is 10.5 Å².